The molecule has 0 atom stereocenters. The van der Waals surface area contributed by atoms with E-state index in [4.69, 9.17) is 25.5 Å². The number of para-hydroxylation sites is 1. The quantitative estimate of drug-likeness (QED) is 0.0959. The second-order valence-electron chi connectivity index (χ2n) is 9.61. The highest BCUT2D eigenvalue weighted by atomic mass is 35.5. The second kappa shape index (κ2) is 11.9. The highest BCUT2D eigenvalue weighted by molar-refractivity contribution is 6.31. The normalized spacial score (nSPS) is 11.3. The summed E-state index contributed by atoms with van der Waals surface area (Å²) in [7, 11) is 1.53. The minimum absolute atomic E-state index is 0.0272. The fourth-order valence-corrected chi connectivity index (χ4v) is 4.91. The Morgan fingerprint density at radius 1 is 0.978 bits per heavy atom. The maximum Gasteiger partial charge on any atom is 0.313 e. The van der Waals surface area contributed by atoms with Gasteiger partial charge in [-0.25, -0.2) is 4.98 Å². The van der Waals surface area contributed by atoms with Gasteiger partial charge in [0.05, 0.1) is 39.5 Å². The molecule has 0 N–H and O–H groups in total. The van der Waals surface area contributed by atoms with E-state index in [9.17, 15) is 25.0 Å². The Labute approximate surface area is 257 Å². The average Bonchev–Trinajstić information content (AvgIpc) is 3.48. The van der Waals surface area contributed by atoms with Crippen LogP contribution in [0.2, 0.25) is 5.02 Å². The van der Waals surface area contributed by atoms with E-state index in [0.717, 1.165) is 10.7 Å². The summed E-state index contributed by atoms with van der Waals surface area (Å²) in [5.74, 6) is 0.671. The van der Waals surface area contributed by atoms with Crippen molar-refractivity contribution in [3.63, 3.8) is 0 Å². The zero-order valence-corrected chi connectivity index (χ0v) is 24.0. The Kier molecular flexibility index (Phi) is 7.67. The molecule has 14 heteroatoms. The number of nitro groups is 2. The van der Waals surface area contributed by atoms with Crippen molar-refractivity contribution in [3.05, 3.63) is 132 Å². The van der Waals surface area contributed by atoms with Crippen LogP contribution in [0.5, 0.6) is 11.5 Å². The Morgan fingerprint density at radius 2 is 1.76 bits per heavy atom. The van der Waals surface area contributed by atoms with Crippen molar-refractivity contribution in [2.24, 2.45) is 5.10 Å². The number of furan rings is 1. The van der Waals surface area contributed by atoms with Crippen LogP contribution in [0, 0.1) is 20.2 Å². The van der Waals surface area contributed by atoms with Crippen molar-refractivity contribution >= 4 is 51.1 Å². The van der Waals surface area contributed by atoms with Gasteiger partial charge in [-0.3, -0.25) is 25.0 Å². The minimum Gasteiger partial charge on any atom is -0.496 e. The molecule has 0 spiro atoms. The SMILES string of the molecule is COc1cccc2oc(-c3nc4ccccc4c(=O)n3N=Cc3cc(Cl)cc([N+](=O)[O-])c3OCc3ccc([N+](=O)[O-])cc3)cc12. The lowest BCUT2D eigenvalue weighted by Gasteiger charge is -2.11. The number of nitro benzene ring substituents is 2. The Bertz CT molecular complexity index is 2210. The van der Waals surface area contributed by atoms with E-state index in [0.29, 0.717) is 27.8 Å². The molecule has 0 fully saturated rings. The number of hydrogen-bond donors (Lipinski definition) is 0. The highest BCUT2D eigenvalue weighted by Gasteiger charge is 2.22. The van der Waals surface area contributed by atoms with Gasteiger partial charge in [-0.2, -0.15) is 9.78 Å². The topological polar surface area (TPSA) is 165 Å². The fraction of sp³-hybridized carbons (Fsp3) is 0.0645. The van der Waals surface area contributed by atoms with Crippen molar-refractivity contribution in [2.75, 3.05) is 7.11 Å². The summed E-state index contributed by atoms with van der Waals surface area (Å²) in [6, 6.07) is 21.7. The summed E-state index contributed by atoms with van der Waals surface area (Å²) in [6.07, 6.45) is 1.20. The van der Waals surface area contributed by atoms with Crippen LogP contribution in [0.15, 0.2) is 99.2 Å². The van der Waals surface area contributed by atoms with Gasteiger partial charge in [-0.15, -0.1) is 0 Å². The zero-order chi connectivity index (χ0) is 31.7. The van der Waals surface area contributed by atoms with Crippen LogP contribution in [-0.4, -0.2) is 32.8 Å². The number of nitrogens with zero attached hydrogens (tertiary/aromatic N) is 5. The molecule has 45 heavy (non-hydrogen) atoms. The molecular weight excluding hydrogens is 606 g/mol. The number of ether oxygens (including phenoxy) is 2. The summed E-state index contributed by atoms with van der Waals surface area (Å²) < 4.78 is 18.4. The summed E-state index contributed by atoms with van der Waals surface area (Å²) >= 11 is 6.23. The van der Waals surface area contributed by atoms with Gasteiger partial charge < -0.3 is 13.9 Å². The van der Waals surface area contributed by atoms with Crippen molar-refractivity contribution in [1.82, 2.24) is 9.66 Å². The first-order chi connectivity index (χ1) is 21.7. The van der Waals surface area contributed by atoms with Gasteiger partial charge in [0.15, 0.2) is 5.76 Å². The molecule has 0 aliphatic carbocycles. The van der Waals surface area contributed by atoms with Gasteiger partial charge >= 0.3 is 5.69 Å². The van der Waals surface area contributed by atoms with Crippen LogP contribution in [-0.2, 0) is 6.61 Å². The van der Waals surface area contributed by atoms with Crippen molar-refractivity contribution in [3.8, 4) is 23.1 Å². The Hall–Kier alpha value is -6.08. The van der Waals surface area contributed by atoms with E-state index in [1.807, 2.05) is 0 Å². The van der Waals surface area contributed by atoms with Crippen LogP contribution < -0.4 is 15.0 Å². The predicted molar refractivity (Wildman–Crippen MR) is 166 cm³/mol. The summed E-state index contributed by atoms with van der Waals surface area (Å²) in [6.45, 7) is -0.162. The zero-order valence-electron chi connectivity index (χ0n) is 23.2. The number of benzene rings is 4. The minimum atomic E-state index is -0.661. The van der Waals surface area contributed by atoms with Gasteiger partial charge in [0.1, 0.15) is 17.9 Å². The number of halogens is 1. The lowest BCUT2D eigenvalue weighted by atomic mass is 10.1. The molecule has 0 unspecified atom stereocenters. The molecular formula is C31H20ClN5O8. The maximum absolute atomic E-state index is 13.7. The molecule has 2 aromatic heterocycles. The van der Waals surface area contributed by atoms with E-state index in [2.05, 4.69) is 10.1 Å². The van der Waals surface area contributed by atoms with E-state index in [-0.39, 0.29) is 45.6 Å². The first kappa shape index (κ1) is 29.0. The maximum atomic E-state index is 13.7. The molecule has 0 aliphatic heterocycles. The van der Waals surface area contributed by atoms with Crippen LogP contribution in [0.25, 0.3) is 33.5 Å². The number of non-ortho nitro benzene ring substituents is 1. The molecule has 2 heterocycles. The molecule has 0 amide bonds. The lowest BCUT2D eigenvalue weighted by Crippen LogP contribution is -2.20. The second-order valence-corrected chi connectivity index (χ2v) is 10.0. The van der Waals surface area contributed by atoms with E-state index >= 15 is 0 Å². The first-order valence-corrected chi connectivity index (χ1v) is 13.6. The monoisotopic (exact) mass is 625 g/mol. The number of rotatable bonds is 9. The van der Waals surface area contributed by atoms with Gasteiger partial charge in [0.25, 0.3) is 11.2 Å². The van der Waals surface area contributed by atoms with Crippen LogP contribution >= 0.6 is 11.6 Å². The molecule has 13 nitrogen and oxygen atoms in total. The largest absolute Gasteiger partial charge is 0.496 e. The van der Waals surface area contributed by atoms with E-state index < -0.39 is 21.1 Å². The van der Waals surface area contributed by atoms with E-state index in [1.54, 1.807) is 48.5 Å². The molecule has 6 aromatic rings. The number of fused-ring (bicyclic) bond motifs is 2. The van der Waals surface area contributed by atoms with Gasteiger partial charge in [0.2, 0.25) is 11.6 Å². The smallest absolute Gasteiger partial charge is 0.313 e. The average molecular weight is 626 g/mol. The molecule has 0 aliphatic rings. The summed E-state index contributed by atoms with van der Waals surface area (Å²) in [5, 5.41) is 28.3. The first-order valence-electron chi connectivity index (χ1n) is 13.2. The summed E-state index contributed by atoms with van der Waals surface area (Å²) in [4.78, 5) is 40.1. The molecule has 224 valence electrons. The lowest BCUT2D eigenvalue weighted by molar-refractivity contribution is -0.386. The van der Waals surface area contributed by atoms with Crippen molar-refractivity contribution < 1.29 is 23.7 Å². The van der Waals surface area contributed by atoms with Crippen molar-refractivity contribution in [1.29, 1.82) is 0 Å². The number of hydrogen-bond acceptors (Lipinski definition) is 10. The van der Waals surface area contributed by atoms with Gasteiger partial charge in [-0.05, 0) is 54.1 Å². The third-order valence-electron chi connectivity index (χ3n) is 6.82. The fourth-order valence-electron chi connectivity index (χ4n) is 4.69. The molecule has 0 saturated carbocycles. The van der Waals surface area contributed by atoms with Crippen LogP contribution in [0.4, 0.5) is 11.4 Å². The van der Waals surface area contributed by atoms with E-state index in [1.165, 1.54) is 43.7 Å². The molecule has 0 saturated heterocycles. The molecule has 4 aromatic carbocycles. The van der Waals surface area contributed by atoms with Crippen LogP contribution in [0.1, 0.15) is 11.1 Å². The number of methoxy groups -OCH3 is 1. The van der Waals surface area contributed by atoms with Crippen LogP contribution in [0.3, 0.4) is 0 Å². The van der Waals surface area contributed by atoms with Gasteiger partial charge in [0, 0.05) is 28.8 Å². The standard InChI is InChI=1S/C31H20ClN5O8/c1-43-26-7-4-8-27-23(26)15-28(45-27)30-34-24-6-3-2-5-22(24)31(38)35(30)33-16-19-13-20(32)14-25(37(41)42)29(19)44-17-18-9-11-21(12-10-18)36(39)40/h2-16H,17H2,1H3. The molecule has 6 rings (SSSR count). The number of aromatic nitrogens is 2. The molecule has 0 bridgehead atoms. The van der Waals surface area contributed by atoms with Crippen molar-refractivity contribution in [2.45, 2.75) is 6.61 Å². The third kappa shape index (κ3) is 5.67. The summed E-state index contributed by atoms with van der Waals surface area (Å²) in [5.41, 5.74) is 0.427. The molecule has 0 radical (unpaired) electrons. The van der Waals surface area contributed by atoms with Gasteiger partial charge in [-0.1, -0.05) is 29.8 Å². The Balaban J connectivity index is 1.47. The third-order valence-corrected chi connectivity index (χ3v) is 7.04. The predicted octanol–water partition coefficient (Wildman–Crippen LogP) is 6.75. The highest BCUT2D eigenvalue weighted by Crippen LogP contribution is 2.35. The Morgan fingerprint density at radius 3 is 2.49 bits per heavy atom.